The lowest BCUT2D eigenvalue weighted by molar-refractivity contribution is 0.614. The summed E-state index contributed by atoms with van der Waals surface area (Å²) in [6.07, 6.45) is 0. The monoisotopic (exact) mass is 309 g/mol. The van der Waals surface area contributed by atoms with Gasteiger partial charge in [-0.15, -0.1) is 0 Å². The van der Waals surface area contributed by atoms with Gasteiger partial charge in [-0.25, -0.2) is 4.98 Å². The molecule has 0 amide bonds. The Morgan fingerprint density at radius 3 is 2.68 bits per heavy atom. The normalized spacial score (nSPS) is 12.5. The highest BCUT2D eigenvalue weighted by atomic mass is 35.5. The second kappa shape index (κ2) is 4.71. The molecule has 108 valence electrons. The fraction of sp³-hybridized carbons (Fsp3) is 0.0588. The minimum Gasteiger partial charge on any atom is -0.451 e. The van der Waals surface area contributed by atoms with Crippen LogP contribution < -0.4 is 11.1 Å². The molecular weight excluding hydrogens is 298 g/mol. The lowest BCUT2D eigenvalue weighted by Gasteiger charge is -2.12. The van der Waals surface area contributed by atoms with E-state index in [-0.39, 0.29) is 0 Å². The summed E-state index contributed by atoms with van der Waals surface area (Å²) in [5.74, 6) is 0.527. The van der Waals surface area contributed by atoms with E-state index in [1.165, 1.54) is 0 Å². The Balaban J connectivity index is 2.31. The number of anilines is 1. The molecule has 0 bridgehead atoms. The maximum atomic E-state index is 6.50. The number of rotatable bonds is 0. The second-order valence-electron chi connectivity index (χ2n) is 5.05. The Morgan fingerprint density at radius 1 is 1.14 bits per heavy atom. The van der Waals surface area contributed by atoms with Crippen LogP contribution in [0.2, 0.25) is 5.02 Å². The molecule has 2 aromatic carbocycles. The van der Waals surface area contributed by atoms with Crippen LogP contribution in [-0.2, 0) is 0 Å². The van der Waals surface area contributed by atoms with E-state index in [9.17, 15) is 0 Å². The second-order valence-corrected chi connectivity index (χ2v) is 5.43. The molecule has 0 atom stereocenters. The van der Waals surface area contributed by atoms with Crippen LogP contribution in [0.5, 0.6) is 0 Å². The molecule has 0 unspecified atom stereocenters. The standard InChI is InChI=1S/C17H12ClN3O/c1-20-15-10-4-2-3-5-11(10)16-17(14(15)18)22-13-8-9(19)6-7-12(13)21-16/h2-8H,19H2,1H3. The molecule has 22 heavy (non-hydrogen) atoms. The Bertz CT molecular complexity index is 1070. The van der Waals surface area contributed by atoms with Crippen LogP contribution in [0.3, 0.4) is 0 Å². The smallest absolute Gasteiger partial charge is 0.174 e. The molecule has 0 spiro atoms. The van der Waals surface area contributed by atoms with Crippen LogP contribution in [0.25, 0.3) is 33.3 Å². The minimum atomic E-state index is 0.466. The number of hydrogen-bond donors (Lipinski definition) is 1. The summed E-state index contributed by atoms with van der Waals surface area (Å²) in [7, 11) is 1.71. The number of aromatic nitrogens is 1. The lowest BCUT2D eigenvalue weighted by atomic mass is 10.0. The Hall–Kier alpha value is -2.59. The van der Waals surface area contributed by atoms with Gasteiger partial charge in [0.25, 0.3) is 0 Å². The van der Waals surface area contributed by atoms with Crippen molar-refractivity contribution < 1.29 is 4.42 Å². The molecule has 2 N–H and O–H groups in total. The fourth-order valence-electron chi connectivity index (χ4n) is 2.71. The van der Waals surface area contributed by atoms with Crippen molar-refractivity contribution in [3.05, 3.63) is 52.8 Å². The summed E-state index contributed by atoms with van der Waals surface area (Å²) < 4.78 is 5.97. The first-order chi connectivity index (χ1) is 10.7. The number of nitrogens with two attached hydrogens (primary N) is 1. The van der Waals surface area contributed by atoms with Crippen molar-refractivity contribution in [3.63, 3.8) is 0 Å². The summed E-state index contributed by atoms with van der Waals surface area (Å²) in [5.41, 5.74) is 8.50. The first kappa shape index (κ1) is 13.1. The van der Waals surface area contributed by atoms with Gasteiger partial charge in [-0.05, 0) is 12.1 Å². The van der Waals surface area contributed by atoms with Crippen LogP contribution in [0.1, 0.15) is 0 Å². The third-order valence-electron chi connectivity index (χ3n) is 3.71. The summed E-state index contributed by atoms with van der Waals surface area (Å²) in [4.78, 5) is 9.01. The van der Waals surface area contributed by atoms with E-state index in [4.69, 9.17) is 26.7 Å². The zero-order valence-electron chi connectivity index (χ0n) is 11.8. The average molecular weight is 310 g/mol. The molecule has 1 aliphatic heterocycles. The van der Waals surface area contributed by atoms with Crippen molar-refractivity contribution in [2.24, 2.45) is 4.99 Å². The van der Waals surface area contributed by atoms with Gasteiger partial charge in [-0.2, -0.15) is 0 Å². The number of hydrogen-bond acceptors (Lipinski definition) is 4. The molecule has 2 aromatic rings. The fourth-order valence-corrected chi connectivity index (χ4v) is 3.02. The van der Waals surface area contributed by atoms with Gasteiger partial charge in [-0.1, -0.05) is 35.9 Å². The summed E-state index contributed by atoms with van der Waals surface area (Å²) in [5, 5.41) is 3.09. The van der Waals surface area contributed by atoms with Crippen molar-refractivity contribution in [2.75, 3.05) is 12.8 Å². The van der Waals surface area contributed by atoms with Crippen molar-refractivity contribution in [1.29, 1.82) is 0 Å². The predicted octanol–water partition coefficient (Wildman–Crippen LogP) is 3.85. The molecule has 0 radical (unpaired) electrons. The number of halogens is 1. The van der Waals surface area contributed by atoms with Crippen LogP contribution in [-0.4, -0.2) is 12.0 Å². The molecule has 4 rings (SSSR count). The molecular formula is C17H12ClN3O. The maximum absolute atomic E-state index is 6.50. The van der Waals surface area contributed by atoms with Crippen molar-refractivity contribution >= 4 is 39.2 Å². The van der Waals surface area contributed by atoms with E-state index in [0.717, 1.165) is 22.0 Å². The first-order valence-corrected chi connectivity index (χ1v) is 7.20. The highest BCUT2D eigenvalue weighted by Gasteiger charge is 2.19. The summed E-state index contributed by atoms with van der Waals surface area (Å²) in [6, 6.07) is 13.3. The van der Waals surface area contributed by atoms with Gasteiger partial charge < -0.3 is 10.2 Å². The van der Waals surface area contributed by atoms with Crippen LogP contribution in [0, 0.1) is 0 Å². The number of nitrogens with zero attached hydrogens (tertiary/aromatic N) is 2. The van der Waals surface area contributed by atoms with Gasteiger partial charge in [0.05, 0.1) is 5.36 Å². The van der Waals surface area contributed by atoms with Crippen LogP contribution >= 0.6 is 11.6 Å². The van der Waals surface area contributed by atoms with E-state index < -0.39 is 0 Å². The highest BCUT2D eigenvalue weighted by molar-refractivity contribution is 6.34. The van der Waals surface area contributed by atoms with Crippen molar-refractivity contribution in [2.45, 2.75) is 0 Å². The summed E-state index contributed by atoms with van der Waals surface area (Å²) in [6.45, 7) is 0. The number of benzene rings is 3. The van der Waals surface area contributed by atoms with Gasteiger partial charge in [0, 0.05) is 29.6 Å². The zero-order chi connectivity index (χ0) is 15.3. The van der Waals surface area contributed by atoms with Gasteiger partial charge in [-0.3, -0.25) is 4.99 Å². The van der Waals surface area contributed by atoms with Gasteiger partial charge >= 0.3 is 0 Å². The molecule has 0 saturated heterocycles. The zero-order valence-corrected chi connectivity index (χ0v) is 12.6. The maximum Gasteiger partial charge on any atom is 0.174 e. The van der Waals surface area contributed by atoms with E-state index in [0.29, 0.717) is 27.4 Å². The summed E-state index contributed by atoms with van der Waals surface area (Å²) >= 11 is 6.50. The molecule has 2 aliphatic rings. The van der Waals surface area contributed by atoms with E-state index in [2.05, 4.69) is 4.99 Å². The third-order valence-corrected chi connectivity index (χ3v) is 4.06. The van der Waals surface area contributed by atoms with Gasteiger partial charge in [0.1, 0.15) is 16.2 Å². The molecule has 0 aromatic heterocycles. The first-order valence-electron chi connectivity index (χ1n) is 6.82. The van der Waals surface area contributed by atoms with Crippen LogP contribution in [0.15, 0.2) is 51.9 Å². The quantitative estimate of drug-likeness (QED) is 0.305. The number of fused-ring (bicyclic) bond motifs is 4. The molecule has 0 saturated carbocycles. The van der Waals surface area contributed by atoms with Crippen LogP contribution in [0.4, 0.5) is 5.69 Å². The predicted molar refractivity (Wildman–Crippen MR) is 89.0 cm³/mol. The van der Waals surface area contributed by atoms with Crippen molar-refractivity contribution in [1.82, 2.24) is 4.98 Å². The van der Waals surface area contributed by atoms with Gasteiger partial charge in [0.2, 0.25) is 0 Å². The van der Waals surface area contributed by atoms with E-state index in [1.807, 2.05) is 30.3 Å². The van der Waals surface area contributed by atoms with E-state index >= 15 is 0 Å². The third kappa shape index (κ3) is 1.77. The number of nitrogen functional groups attached to an aromatic ring is 1. The lowest BCUT2D eigenvalue weighted by Crippen LogP contribution is -2.09. The molecule has 4 nitrogen and oxygen atoms in total. The van der Waals surface area contributed by atoms with Crippen molar-refractivity contribution in [3.8, 4) is 11.5 Å². The highest BCUT2D eigenvalue weighted by Crippen LogP contribution is 2.35. The average Bonchev–Trinajstić information content (AvgIpc) is 2.54. The molecule has 5 heteroatoms. The Kier molecular flexibility index (Phi) is 2.81. The molecule has 1 heterocycles. The minimum absolute atomic E-state index is 0.466. The topological polar surface area (TPSA) is 64.4 Å². The van der Waals surface area contributed by atoms with Gasteiger partial charge in [0.15, 0.2) is 11.3 Å². The molecule has 0 fully saturated rings. The molecule has 1 aliphatic carbocycles. The van der Waals surface area contributed by atoms with E-state index in [1.54, 1.807) is 19.2 Å². The largest absolute Gasteiger partial charge is 0.451 e. The SMILES string of the molecule is CN=c1c(Cl)c2oc3cc(N)ccc3nc-2c2ccccc12. The Morgan fingerprint density at radius 2 is 1.91 bits per heavy atom. The Labute approximate surface area is 131 Å².